The van der Waals surface area contributed by atoms with Crippen molar-refractivity contribution in [3.8, 4) is 22.8 Å². The third-order valence-corrected chi connectivity index (χ3v) is 5.50. The summed E-state index contributed by atoms with van der Waals surface area (Å²) in [4.78, 5) is 31.6. The van der Waals surface area contributed by atoms with Crippen LogP contribution in [0.3, 0.4) is 0 Å². The minimum Gasteiger partial charge on any atom is -0.493 e. The zero-order valence-corrected chi connectivity index (χ0v) is 18.0. The number of nitrogens with one attached hydrogen (secondary N) is 2. The van der Waals surface area contributed by atoms with Gasteiger partial charge in [0, 0.05) is 42.8 Å². The van der Waals surface area contributed by atoms with E-state index in [9.17, 15) is 9.59 Å². The molecule has 0 radical (unpaired) electrons. The van der Waals surface area contributed by atoms with Crippen LogP contribution in [-0.4, -0.2) is 59.2 Å². The number of rotatable bonds is 6. The lowest BCUT2D eigenvalue weighted by atomic mass is 9.96. The number of hydrogen-bond donors (Lipinski definition) is 2. The SMILES string of the molecule is COc1ccc(NC(=O)[C@@H]2CCCN(C(=O)c3cc(-c4cccnc4)n[nH]3)C2)cc1OC. The largest absolute Gasteiger partial charge is 0.493 e. The van der Waals surface area contributed by atoms with Gasteiger partial charge in [-0.15, -0.1) is 0 Å². The van der Waals surface area contributed by atoms with Gasteiger partial charge in [-0.25, -0.2) is 0 Å². The molecule has 166 valence electrons. The molecule has 3 heterocycles. The third kappa shape index (κ3) is 4.56. The highest BCUT2D eigenvalue weighted by Crippen LogP contribution is 2.30. The van der Waals surface area contributed by atoms with Crippen molar-refractivity contribution in [3.05, 3.63) is 54.5 Å². The van der Waals surface area contributed by atoms with Crippen LogP contribution in [0.2, 0.25) is 0 Å². The number of hydrogen-bond acceptors (Lipinski definition) is 6. The van der Waals surface area contributed by atoms with Gasteiger partial charge in [-0.2, -0.15) is 5.10 Å². The molecule has 4 rings (SSSR count). The number of nitrogens with zero attached hydrogens (tertiary/aromatic N) is 3. The summed E-state index contributed by atoms with van der Waals surface area (Å²) in [6.45, 7) is 0.944. The average Bonchev–Trinajstić information content (AvgIpc) is 3.34. The Morgan fingerprint density at radius 1 is 1.16 bits per heavy atom. The number of methoxy groups -OCH3 is 2. The Bertz CT molecular complexity index is 1100. The molecule has 1 aromatic carbocycles. The summed E-state index contributed by atoms with van der Waals surface area (Å²) in [6, 6.07) is 10.6. The second kappa shape index (κ2) is 9.51. The van der Waals surface area contributed by atoms with Gasteiger partial charge in [0.05, 0.1) is 25.8 Å². The van der Waals surface area contributed by atoms with Crippen molar-refractivity contribution >= 4 is 17.5 Å². The molecule has 0 unspecified atom stereocenters. The van der Waals surface area contributed by atoms with E-state index in [-0.39, 0.29) is 17.7 Å². The first-order valence-corrected chi connectivity index (χ1v) is 10.4. The fourth-order valence-corrected chi connectivity index (χ4v) is 3.80. The Balaban J connectivity index is 1.41. The molecule has 2 N–H and O–H groups in total. The molecule has 9 heteroatoms. The predicted octanol–water partition coefficient (Wildman–Crippen LogP) is 2.98. The molecular formula is C23H25N5O4. The van der Waals surface area contributed by atoms with E-state index in [1.54, 1.807) is 55.8 Å². The van der Waals surface area contributed by atoms with E-state index in [1.807, 2.05) is 12.1 Å². The van der Waals surface area contributed by atoms with Crippen LogP contribution in [-0.2, 0) is 4.79 Å². The summed E-state index contributed by atoms with van der Waals surface area (Å²) in [5.41, 5.74) is 2.49. The van der Waals surface area contributed by atoms with Gasteiger partial charge in [0.15, 0.2) is 11.5 Å². The number of H-pyrrole nitrogens is 1. The average molecular weight is 435 g/mol. The molecule has 1 saturated heterocycles. The molecule has 3 aromatic rings. The van der Waals surface area contributed by atoms with E-state index in [0.717, 1.165) is 12.0 Å². The van der Waals surface area contributed by atoms with Crippen LogP contribution < -0.4 is 14.8 Å². The number of carbonyl (C=O) groups excluding carboxylic acids is 2. The molecule has 0 bridgehead atoms. The van der Waals surface area contributed by atoms with Crippen molar-refractivity contribution < 1.29 is 19.1 Å². The molecule has 1 aliphatic heterocycles. The maximum absolute atomic E-state index is 13.0. The Hall–Kier alpha value is -3.88. The number of anilines is 1. The summed E-state index contributed by atoms with van der Waals surface area (Å²) in [5.74, 6) is 0.521. The minimum absolute atomic E-state index is 0.129. The second-order valence-corrected chi connectivity index (χ2v) is 7.56. The van der Waals surface area contributed by atoms with Crippen molar-refractivity contribution in [1.82, 2.24) is 20.1 Å². The first-order valence-electron chi connectivity index (χ1n) is 10.4. The minimum atomic E-state index is -0.304. The number of piperidine rings is 1. The van der Waals surface area contributed by atoms with Gasteiger partial charge in [-0.05, 0) is 43.2 Å². The first kappa shape index (κ1) is 21.4. The van der Waals surface area contributed by atoms with E-state index in [1.165, 1.54) is 0 Å². The van der Waals surface area contributed by atoms with Gasteiger partial charge in [-0.1, -0.05) is 0 Å². The standard InChI is InChI=1S/C23H25N5O4/c1-31-20-8-7-17(11-21(20)32-2)25-22(29)16-6-4-10-28(14-16)23(30)19-12-18(26-27-19)15-5-3-9-24-13-15/h3,5,7-9,11-13,16H,4,6,10,14H2,1-2H3,(H,25,29)(H,26,27)/t16-/m1/s1. The Kier molecular flexibility index (Phi) is 6.34. The Morgan fingerprint density at radius 2 is 2.00 bits per heavy atom. The topological polar surface area (TPSA) is 109 Å². The van der Waals surface area contributed by atoms with Crippen LogP contribution in [0.4, 0.5) is 5.69 Å². The predicted molar refractivity (Wildman–Crippen MR) is 119 cm³/mol. The number of amides is 2. The van der Waals surface area contributed by atoms with Gasteiger partial charge in [0.2, 0.25) is 5.91 Å². The normalized spacial score (nSPS) is 15.8. The van der Waals surface area contributed by atoms with E-state index >= 15 is 0 Å². The summed E-state index contributed by atoms with van der Waals surface area (Å²) in [5, 5.41) is 9.97. The van der Waals surface area contributed by atoms with E-state index in [4.69, 9.17) is 9.47 Å². The summed E-state index contributed by atoms with van der Waals surface area (Å²) in [7, 11) is 3.10. The molecular weight excluding hydrogens is 410 g/mol. The highest BCUT2D eigenvalue weighted by Gasteiger charge is 2.30. The van der Waals surface area contributed by atoms with Crippen LogP contribution in [0.25, 0.3) is 11.3 Å². The van der Waals surface area contributed by atoms with Gasteiger partial charge in [0.1, 0.15) is 5.69 Å². The Morgan fingerprint density at radius 3 is 2.75 bits per heavy atom. The molecule has 1 fully saturated rings. The molecule has 1 atom stereocenters. The van der Waals surface area contributed by atoms with Crippen LogP contribution in [0.1, 0.15) is 23.3 Å². The summed E-state index contributed by atoms with van der Waals surface area (Å²) in [6.07, 6.45) is 4.84. The number of carbonyl (C=O) groups is 2. The summed E-state index contributed by atoms with van der Waals surface area (Å²) >= 11 is 0. The molecule has 2 aromatic heterocycles. The van der Waals surface area contributed by atoms with Crippen LogP contribution >= 0.6 is 0 Å². The molecule has 1 aliphatic rings. The van der Waals surface area contributed by atoms with Crippen LogP contribution in [0.5, 0.6) is 11.5 Å². The lowest BCUT2D eigenvalue weighted by Gasteiger charge is -2.31. The summed E-state index contributed by atoms with van der Waals surface area (Å²) < 4.78 is 10.5. The zero-order valence-electron chi connectivity index (χ0n) is 18.0. The number of likely N-dealkylation sites (tertiary alicyclic amines) is 1. The number of pyridine rings is 1. The quantitative estimate of drug-likeness (QED) is 0.616. The smallest absolute Gasteiger partial charge is 0.271 e. The zero-order chi connectivity index (χ0) is 22.5. The van der Waals surface area contributed by atoms with E-state index < -0.39 is 0 Å². The highest BCUT2D eigenvalue weighted by molar-refractivity contribution is 5.96. The van der Waals surface area contributed by atoms with E-state index in [0.29, 0.717) is 48.1 Å². The monoisotopic (exact) mass is 435 g/mol. The molecule has 2 amide bonds. The molecule has 9 nitrogen and oxygen atoms in total. The molecule has 0 aliphatic carbocycles. The fraction of sp³-hybridized carbons (Fsp3) is 0.304. The maximum Gasteiger partial charge on any atom is 0.271 e. The molecule has 0 saturated carbocycles. The van der Waals surface area contributed by atoms with Crippen molar-refractivity contribution in [3.63, 3.8) is 0 Å². The lowest BCUT2D eigenvalue weighted by Crippen LogP contribution is -2.43. The van der Waals surface area contributed by atoms with Crippen LogP contribution in [0, 0.1) is 5.92 Å². The van der Waals surface area contributed by atoms with Gasteiger partial charge in [-0.3, -0.25) is 19.7 Å². The third-order valence-electron chi connectivity index (χ3n) is 5.50. The Labute approximate surface area is 185 Å². The van der Waals surface area contributed by atoms with Crippen molar-refractivity contribution in [1.29, 1.82) is 0 Å². The highest BCUT2D eigenvalue weighted by atomic mass is 16.5. The van der Waals surface area contributed by atoms with Gasteiger partial charge >= 0.3 is 0 Å². The van der Waals surface area contributed by atoms with Gasteiger partial charge in [0.25, 0.3) is 5.91 Å². The fourth-order valence-electron chi connectivity index (χ4n) is 3.80. The molecule has 32 heavy (non-hydrogen) atoms. The number of benzene rings is 1. The lowest BCUT2D eigenvalue weighted by molar-refractivity contribution is -0.121. The maximum atomic E-state index is 13.0. The van der Waals surface area contributed by atoms with Crippen molar-refractivity contribution in [2.24, 2.45) is 5.92 Å². The van der Waals surface area contributed by atoms with Crippen molar-refractivity contribution in [2.75, 3.05) is 32.6 Å². The van der Waals surface area contributed by atoms with Gasteiger partial charge < -0.3 is 19.7 Å². The number of aromatic nitrogens is 3. The first-order chi connectivity index (χ1) is 15.6. The number of aromatic amines is 1. The molecule has 0 spiro atoms. The van der Waals surface area contributed by atoms with Crippen molar-refractivity contribution in [2.45, 2.75) is 12.8 Å². The van der Waals surface area contributed by atoms with Crippen LogP contribution in [0.15, 0.2) is 48.8 Å². The van der Waals surface area contributed by atoms with E-state index in [2.05, 4.69) is 20.5 Å². The number of ether oxygens (including phenoxy) is 2. The second-order valence-electron chi connectivity index (χ2n) is 7.56.